The SMILES string of the molecule is c1coc(CCNC(=NCC2CCOC2)NCCCC2CCCC2)c1. The molecule has 1 saturated heterocycles. The number of nitrogens with zero attached hydrogens (tertiary/aromatic N) is 1. The maximum atomic E-state index is 5.45. The molecule has 2 fully saturated rings. The Morgan fingerprint density at radius 3 is 2.76 bits per heavy atom. The second-order valence-corrected chi connectivity index (χ2v) is 7.39. The highest BCUT2D eigenvalue weighted by Gasteiger charge is 2.16. The summed E-state index contributed by atoms with van der Waals surface area (Å²) in [6.07, 6.45) is 12.1. The van der Waals surface area contributed by atoms with E-state index < -0.39 is 0 Å². The van der Waals surface area contributed by atoms with Crippen LogP contribution in [-0.2, 0) is 11.2 Å². The van der Waals surface area contributed by atoms with E-state index in [0.29, 0.717) is 5.92 Å². The van der Waals surface area contributed by atoms with Crippen LogP contribution in [0, 0.1) is 11.8 Å². The van der Waals surface area contributed by atoms with Gasteiger partial charge in [-0.15, -0.1) is 0 Å². The summed E-state index contributed by atoms with van der Waals surface area (Å²) >= 11 is 0. The Kier molecular flexibility index (Phi) is 7.68. The van der Waals surface area contributed by atoms with Gasteiger partial charge in [0.05, 0.1) is 12.9 Å². The summed E-state index contributed by atoms with van der Waals surface area (Å²) in [4.78, 5) is 4.78. The summed E-state index contributed by atoms with van der Waals surface area (Å²) in [6.45, 7) is 4.42. The minimum Gasteiger partial charge on any atom is -0.469 e. The smallest absolute Gasteiger partial charge is 0.191 e. The molecule has 25 heavy (non-hydrogen) atoms. The molecule has 2 aliphatic rings. The Bertz CT molecular complexity index is 489. The van der Waals surface area contributed by atoms with Crippen LogP contribution < -0.4 is 10.6 Å². The fourth-order valence-electron chi connectivity index (χ4n) is 3.78. The number of rotatable bonds is 9. The molecule has 0 amide bonds. The summed E-state index contributed by atoms with van der Waals surface area (Å²) in [6, 6.07) is 3.95. The minimum atomic E-state index is 0.571. The Hall–Kier alpha value is -1.49. The third kappa shape index (κ3) is 6.73. The zero-order valence-corrected chi connectivity index (χ0v) is 15.3. The number of nitrogens with one attached hydrogen (secondary N) is 2. The molecule has 140 valence electrons. The van der Waals surface area contributed by atoms with Crippen molar-refractivity contribution in [3.63, 3.8) is 0 Å². The molecule has 0 radical (unpaired) electrons. The fraction of sp³-hybridized carbons (Fsp3) is 0.750. The molecule has 3 rings (SSSR count). The summed E-state index contributed by atoms with van der Waals surface area (Å²) < 4.78 is 10.8. The van der Waals surface area contributed by atoms with Gasteiger partial charge in [0.1, 0.15) is 5.76 Å². The number of hydrogen-bond donors (Lipinski definition) is 2. The first-order valence-electron chi connectivity index (χ1n) is 10.0. The minimum absolute atomic E-state index is 0.571. The van der Waals surface area contributed by atoms with Crippen molar-refractivity contribution < 1.29 is 9.15 Å². The Morgan fingerprint density at radius 1 is 1.12 bits per heavy atom. The highest BCUT2D eigenvalue weighted by atomic mass is 16.5. The summed E-state index contributed by atoms with van der Waals surface area (Å²) in [5.41, 5.74) is 0. The van der Waals surface area contributed by atoms with Gasteiger partial charge in [-0.25, -0.2) is 0 Å². The lowest BCUT2D eigenvalue weighted by Gasteiger charge is -2.14. The normalized spacial score (nSPS) is 21.8. The van der Waals surface area contributed by atoms with Gasteiger partial charge in [-0.3, -0.25) is 4.99 Å². The third-order valence-corrected chi connectivity index (χ3v) is 5.33. The Labute approximate surface area is 151 Å². The van der Waals surface area contributed by atoms with Crippen LogP contribution in [0.15, 0.2) is 27.8 Å². The van der Waals surface area contributed by atoms with Gasteiger partial charge in [-0.2, -0.15) is 0 Å². The zero-order chi connectivity index (χ0) is 17.2. The summed E-state index contributed by atoms with van der Waals surface area (Å²) in [7, 11) is 0. The van der Waals surface area contributed by atoms with E-state index in [4.69, 9.17) is 14.1 Å². The van der Waals surface area contributed by atoms with Crippen LogP contribution in [0.5, 0.6) is 0 Å². The largest absolute Gasteiger partial charge is 0.469 e. The zero-order valence-electron chi connectivity index (χ0n) is 15.3. The van der Waals surface area contributed by atoms with Crippen molar-refractivity contribution in [2.24, 2.45) is 16.8 Å². The van der Waals surface area contributed by atoms with E-state index in [1.165, 1.54) is 38.5 Å². The average Bonchev–Trinajstić information content (AvgIpc) is 3.39. The monoisotopic (exact) mass is 347 g/mol. The van der Waals surface area contributed by atoms with Gasteiger partial charge in [0.2, 0.25) is 0 Å². The van der Waals surface area contributed by atoms with E-state index in [-0.39, 0.29) is 0 Å². The van der Waals surface area contributed by atoms with Gasteiger partial charge in [0, 0.05) is 38.6 Å². The van der Waals surface area contributed by atoms with Crippen LogP contribution in [0.1, 0.15) is 50.7 Å². The van der Waals surface area contributed by atoms with Crippen molar-refractivity contribution in [3.05, 3.63) is 24.2 Å². The molecule has 1 atom stereocenters. The molecule has 2 heterocycles. The van der Waals surface area contributed by atoms with Crippen LogP contribution >= 0.6 is 0 Å². The summed E-state index contributed by atoms with van der Waals surface area (Å²) in [5.74, 6) is 3.48. The molecular weight excluding hydrogens is 314 g/mol. The highest BCUT2D eigenvalue weighted by Crippen LogP contribution is 2.28. The predicted molar refractivity (Wildman–Crippen MR) is 101 cm³/mol. The van der Waals surface area contributed by atoms with Gasteiger partial charge < -0.3 is 19.8 Å². The number of hydrogen-bond acceptors (Lipinski definition) is 3. The van der Waals surface area contributed by atoms with E-state index in [1.807, 2.05) is 12.1 Å². The van der Waals surface area contributed by atoms with Crippen molar-refractivity contribution in [3.8, 4) is 0 Å². The molecule has 5 heteroatoms. The molecule has 1 unspecified atom stereocenters. The van der Waals surface area contributed by atoms with Gasteiger partial charge in [0.15, 0.2) is 5.96 Å². The maximum absolute atomic E-state index is 5.45. The van der Waals surface area contributed by atoms with Gasteiger partial charge in [0.25, 0.3) is 0 Å². The molecule has 0 bridgehead atoms. The Balaban J connectivity index is 1.38. The molecule has 0 aromatic carbocycles. The predicted octanol–water partition coefficient (Wildman–Crippen LogP) is 3.36. The topological polar surface area (TPSA) is 58.8 Å². The standard InChI is InChI=1S/C20H33N3O2/c1-2-6-17(5-1)7-3-11-21-20(23-15-18-10-14-24-16-18)22-12-9-19-8-4-13-25-19/h4,8,13,17-18H,1-3,5-7,9-12,14-16H2,(H2,21,22,23). The van der Waals surface area contributed by atoms with Crippen LogP contribution in [-0.4, -0.2) is 38.8 Å². The Morgan fingerprint density at radius 2 is 2.00 bits per heavy atom. The quantitative estimate of drug-likeness (QED) is 0.408. The lowest BCUT2D eigenvalue weighted by Crippen LogP contribution is -2.39. The number of furan rings is 1. The second-order valence-electron chi connectivity index (χ2n) is 7.39. The molecule has 0 spiro atoms. The van der Waals surface area contributed by atoms with E-state index >= 15 is 0 Å². The van der Waals surface area contributed by atoms with Crippen LogP contribution in [0.25, 0.3) is 0 Å². The third-order valence-electron chi connectivity index (χ3n) is 5.33. The van der Waals surface area contributed by atoms with Crippen molar-refractivity contribution in [2.75, 3.05) is 32.8 Å². The molecule has 1 aromatic rings. The van der Waals surface area contributed by atoms with Gasteiger partial charge in [-0.05, 0) is 37.3 Å². The van der Waals surface area contributed by atoms with Crippen molar-refractivity contribution in [2.45, 2.75) is 51.4 Å². The first-order chi connectivity index (χ1) is 12.4. The van der Waals surface area contributed by atoms with Gasteiger partial charge >= 0.3 is 0 Å². The molecule has 1 aliphatic carbocycles. The van der Waals surface area contributed by atoms with Crippen molar-refractivity contribution in [1.29, 1.82) is 0 Å². The first kappa shape index (κ1) is 18.3. The van der Waals surface area contributed by atoms with Gasteiger partial charge in [-0.1, -0.05) is 25.7 Å². The number of ether oxygens (including phenoxy) is 1. The second kappa shape index (κ2) is 10.5. The van der Waals surface area contributed by atoms with E-state index in [9.17, 15) is 0 Å². The molecule has 1 aliphatic heterocycles. The summed E-state index contributed by atoms with van der Waals surface area (Å²) in [5, 5.41) is 6.96. The fourth-order valence-corrected chi connectivity index (χ4v) is 3.78. The number of aliphatic imine (C=N–C) groups is 1. The van der Waals surface area contributed by atoms with Crippen LogP contribution in [0.3, 0.4) is 0 Å². The van der Waals surface area contributed by atoms with Crippen LogP contribution in [0.2, 0.25) is 0 Å². The van der Waals surface area contributed by atoms with E-state index in [0.717, 1.165) is 63.3 Å². The molecule has 1 saturated carbocycles. The molecule has 1 aromatic heterocycles. The van der Waals surface area contributed by atoms with Crippen LogP contribution in [0.4, 0.5) is 0 Å². The molecular formula is C20H33N3O2. The number of guanidine groups is 1. The first-order valence-corrected chi connectivity index (χ1v) is 10.0. The maximum Gasteiger partial charge on any atom is 0.191 e. The molecule has 5 nitrogen and oxygen atoms in total. The average molecular weight is 348 g/mol. The highest BCUT2D eigenvalue weighted by molar-refractivity contribution is 5.79. The van der Waals surface area contributed by atoms with E-state index in [1.54, 1.807) is 6.26 Å². The van der Waals surface area contributed by atoms with E-state index in [2.05, 4.69) is 10.6 Å². The lowest BCUT2D eigenvalue weighted by molar-refractivity contribution is 0.187. The lowest BCUT2D eigenvalue weighted by atomic mass is 10.0. The van der Waals surface area contributed by atoms with Crippen molar-refractivity contribution >= 4 is 5.96 Å². The molecule has 2 N–H and O–H groups in total. The van der Waals surface area contributed by atoms with Crippen molar-refractivity contribution in [1.82, 2.24) is 10.6 Å².